The Morgan fingerprint density at radius 1 is 1.54 bits per heavy atom. The van der Waals surface area contributed by atoms with Crippen LogP contribution in [0.25, 0.3) is 0 Å². The van der Waals surface area contributed by atoms with Crippen molar-refractivity contribution in [2.75, 3.05) is 7.11 Å². The van der Waals surface area contributed by atoms with Gasteiger partial charge in [-0.15, -0.1) is 0 Å². The van der Waals surface area contributed by atoms with Crippen LogP contribution in [0.5, 0.6) is 0 Å². The van der Waals surface area contributed by atoms with E-state index in [1.54, 1.807) is 0 Å². The van der Waals surface area contributed by atoms with Crippen molar-refractivity contribution >= 4 is 5.97 Å². The van der Waals surface area contributed by atoms with Crippen LogP contribution < -0.4 is 5.32 Å². The molecular weight excluding hydrogens is 168 g/mol. The van der Waals surface area contributed by atoms with E-state index >= 15 is 0 Å². The van der Waals surface area contributed by atoms with Crippen molar-refractivity contribution in [2.45, 2.75) is 31.7 Å². The average molecular weight is 182 g/mol. The maximum absolute atomic E-state index is 11.3. The molecule has 0 spiro atoms. The number of nitrogens with one attached hydrogen (secondary N) is 1. The fourth-order valence-electron chi connectivity index (χ4n) is 1.82. The van der Waals surface area contributed by atoms with Crippen molar-refractivity contribution in [3.8, 4) is 6.19 Å². The highest BCUT2D eigenvalue weighted by Gasteiger charge is 2.31. The Labute approximate surface area is 77.9 Å². The first-order valence-corrected chi connectivity index (χ1v) is 4.52. The Kier molecular flexibility index (Phi) is 3.56. The van der Waals surface area contributed by atoms with Gasteiger partial charge in [-0.25, -0.2) is 0 Å². The van der Waals surface area contributed by atoms with Gasteiger partial charge in [0.2, 0.25) is 0 Å². The molecule has 0 bridgehead atoms. The lowest BCUT2D eigenvalue weighted by molar-refractivity contribution is -0.147. The van der Waals surface area contributed by atoms with Gasteiger partial charge in [-0.1, -0.05) is 12.8 Å². The Balaban J connectivity index is 2.57. The molecule has 1 aliphatic rings. The molecule has 1 saturated carbocycles. The number of esters is 1. The summed E-state index contributed by atoms with van der Waals surface area (Å²) in [6, 6.07) is -0.0220. The minimum atomic E-state index is -0.201. The zero-order chi connectivity index (χ0) is 9.68. The number of rotatable bonds is 2. The largest absolute Gasteiger partial charge is 0.469 e. The molecular formula is C9H14N2O2. The van der Waals surface area contributed by atoms with Gasteiger partial charge in [0.1, 0.15) is 0 Å². The molecule has 0 aromatic carbocycles. The molecule has 1 N–H and O–H groups in total. The minimum absolute atomic E-state index is 0.0220. The molecule has 72 valence electrons. The maximum Gasteiger partial charge on any atom is 0.310 e. The Bertz CT molecular complexity index is 222. The van der Waals surface area contributed by atoms with Crippen molar-refractivity contribution in [2.24, 2.45) is 5.92 Å². The number of nitriles is 1. The normalized spacial score (nSPS) is 27.4. The lowest BCUT2D eigenvalue weighted by atomic mass is 9.84. The lowest BCUT2D eigenvalue weighted by Gasteiger charge is -2.28. The standard InChI is InChI=1S/C9H14N2O2/c1-13-9(12)7-4-2-3-5-8(7)11-6-10/h7-8,11H,2-5H2,1H3/t7-,8+/m1/s1. The summed E-state index contributed by atoms with van der Waals surface area (Å²) in [7, 11) is 1.39. The SMILES string of the molecule is COC(=O)[C@@H]1CCCC[C@@H]1NC#N. The van der Waals surface area contributed by atoms with E-state index in [1.165, 1.54) is 7.11 Å². The molecule has 4 heteroatoms. The van der Waals surface area contributed by atoms with Crippen molar-refractivity contribution in [1.82, 2.24) is 5.32 Å². The van der Waals surface area contributed by atoms with E-state index in [1.807, 2.05) is 6.19 Å². The summed E-state index contributed by atoms with van der Waals surface area (Å²) in [4.78, 5) is 11.3. The summed E-state index contributed by atoms with van der Waals surface area (Å²) in [6.45, 7) is 0. The van der Waals surface area contributed by atoms with E-state index in [0.29, 0.717) is 0 Å². The van der Waals surface area contributed by atoms with Crippen LogP contribution in [0, 0.1) is 17.4 Å². The van der Waals surface area contributed by atoms with E-state index in [4.69, 9.17) is 5.26 Å². The smallest absolute Gasteiger partial charge is 0.310 e. The third-order valence-corrected chi connectivity index (χ3v) is 2.52. The minimum Gasteiger partial charge on any atom is -0.469 e. The second-order valence-electron chi connectivity index (χ2n) is 3.28. The Hall–Kier alpha value is -1.24. The highest BCUT2D eigenvalue weighted by molar-refractivity contribution is 5.73. The summed E-state index contributed by atoms with van der Waals surface area (Å²) in [6.07, 6.45) is 5.72. The highest BCUT2D eigenvalue weighted by atomic mass is 16.5. The van der Waals surface area contributed by atoms with Crippen LogP contribution in [0.2, 0.25) is 0 Å². The van der Waals surface area contributed by atoms with Crippen LogP contribution in [-0.2, 0) is 9.53 Å². The third-order valence-electron chi connectivity index (χ3n) is 2.52. The summed E-state index contributed by atoms with van der Waals surface area (Å²) >= 11 is 0. The molecule has 0 radical (unpaired) electrons. The fourth-order valence-corrected chi connectivity index (χ4v) is 1.82. The van der Waals surface area contributed by atoms with Crippen LogP contribution in [-0.4, -0.2) is 19.1 Å². The first-order chi connectivity index (χ1) is 6.29. The van der Waals surface area contributed by atoms with Gasteiger partial charge in [-0.2, -0.15) is 5.26 Å². The molecule has 13 heavy (non-hydrogen) atoms. The number of carbonyl (C=O) groups excluding carboxylic acids is 1. The van der Waals surface area contributed by atoms with Gasteiger partial charge in [0, 0.05) is 6.04 Å². The Morgan fingerprint density at radius 2 is 2.23 bits per heavy atom. The van der Waals surface area contributed by atoms with Gasteiger partial charge in [0.05, 0.1) is 13.0 Å². The zero-order valence-corrected chi connectivity index (χ0v) is 7.75. The first-order valence-electron chi connectivity index (χ1n) is 4.52. The Morgan fingerprint density at radius 3 is 2.85 bits per heavy atom. The van der Waals surface area contributed by atoms with Crippen LogP contribution in [0.3, 0.4) is 0 Å². The van der Waals surface area contributed by atoms with Crippen LogP contribution >= 0.6 is 0 Å². The molecule has 2 atom stereocenters. The summed E-state index contributed by atoms with van der Waals surface area (Å²) in [5.41, 5.74) is 0. The van der Waals surface area contributed by atoms with Gasteiger partial charge in [0.25, 0.3) is 0 Å². The fraction of sp³-hybridized carbons (Fsp3) is 0.778. The number of nitrogens with zero attached hydrogens (tertiary/aromatic N) is 1. The van der Waals surface area contributed by atoms with E-state index < -0.39 is 0 Å². The summed E-state index contributed by atoms with van der Waals surface area (Å²) in [5, 5.41) is 11.1. The molecule has 0 aromatic heterocycles. The van der Waals surface area contributed by atoms with Gasteiger partial charge >= 0.3 is 5.97 Å². The van der Waals surface area contributed by atoms with Crippen molar-refractivity contribution < 1.29 is 9.53 Å². The second kappa shape index (κ2) is 4.70. The molecule has 4 nitrogen and oxygen atoms in total. The summed E-state index contributed by atoms with van der Waals surface area (Å²) < 4.78 is 4.68. The van der Waals surface area contributed by atoms with Crippen molar-refractivity contribution in [3.05, 3.63) is 0 Å². The van der Waals surface area contributed by atoms with Crippen LogP contribution in [0.1, 0.15) is 25.7 Å². The molecule has 1 fully saturated rings. The number of carbonyl (C=O) groups is 1. The predicted octanol–water partition coefficient (Wildman–Crippen LogP) is 0.789. The van der Waals surface area contributed by atoms with Gasteiger partial charge in [-0.05, 0) is 12.8 Å². The molecule has 1 rings (SSSR count). The van der Waals surface area contributed by atoms with E-state index in [2.05, 4.69) is 10.1 Å². The number of methoxy groups -OCH3 is 1. The van der Waals surface area contributed by atoms with Crippen LogP contribution in [0.15, 0.2) is 0 Å². The first kappa shape index (κ1) is 9.85. The predicted molar refractivity (Wildman–Crippen MR) is 46.5 cm³/mol. The number of hydrogen-bond donors (Lipinski definition) is 1. The van der Waals surface area contributed by atoms with E-state index in [0.717, 1.165) is 25.7 Å². The molecule has 0 heterocycles. The second-order valence-corrected chi connectivity index (χ2v) is 3.28. The van der Waals surface area contributed by atoms with E-state index in [-0.39, 0.29) is 17.9 Å². The average Bonchev–Trinajstić information content (AvgIpc) is 2.18. The van der Waals surface area contributed by atoms with Gasteiger partial charge in [-0.3, -0.25) is 4.79 Å². The zero-order valence-electron chi connectivity index (χ0n) is 7.75. The van der Waals surface area contributed by atoms with Gasteiger partial charge in [0.15, 0.2) is 6.19 Å². The van der Waals surface area contributed by atoms with Gasteiger partial charge < -0.3 is 10.1 Å². The maximum atomic E-state index is 11.3. The van der Waals surface area contributed by atoms with Crippen molar-refractivity contribution in [1.29, 1.82) is 5.26 Å². The molecule has 0 saturated heterocycles. The summed E-state index contributed by atoms with van der Waals surface area (Å²) in [5.74, 6) is -0.342. The van der Waals surface area contributed by atoms with Crippen LogP contribution in [0.4, 0.5) is 0 Å². The van der Waals surface area contributed by atoms with Crippen molar-refractivity contribution in [3.63, 3.8) is 0 Å². The molecule has 0 aromatic rings. The number of ether oxygens (including phenoxy) is 1. The topological polar surface area (TPSA) is 62.1 Å². The van der Waals surface area contributed by atoms with E-state index in [9.17, 15) is 4.79 Å². The molecule has 0 unspecified atom stereocenters. The molecule has 0 amide bonds. The quantitative estimate of drug-likeness (QED) is 0.389. The number of hydrogen-bond acceptors (Lipinski definition) is 4. The highest BCUT2D eigenvalue weighted by Crippen LogP contribution is 2.25. The third kappa shape index (κ3) is 2.35. The lowest BCUT2D eigenvalue weighted by Crippen LogP contribution is -2.40. The molecule has 1 aliphatic carbocycles. The monoisotopic (exact) mass is 182 g/mol. The molecule has 0 aliphatic heterocycles.